The van der Waals surface area contributed by atoms with Gasteiger partial charge in [0, 0.05) is 30.1 Å². The number of aryl methyl sites for hydroxylation is 1. The Labute approximate surface area is 93.9 Å². The van der Waals surface area contributed by atoms with Gasteiger partial charge in [0.2, 0.25) is 0 Å². The van der Waals surface area contributed by atoms with Crippen LogP contribution >= 0.6 is 0 Å². The number of hydrogen-bond donors (Lipinski definition) is 0. The quantitative estimate of drug-likeness (QED) is 0.784. The van der Waals surface area contributed by atoms with Crippen LogP contribution in [0.3, 0.4) is 0 Å². The number of fused-ring (bicyclic) bond motifs is 1. The Morgan fingerprint density at radius 2 is 2.25 bits per heavy atom. The van der Waals surface area contributed by atoms with Crippen molar-refractivity contribution in [2.75, 3.05) is 0 Å². The molecule has 3 nitrogen and oxygen atoms in total. The number of carbonyl (C=O) groups is 1. The van der Waals surface area contributed by atoms with Gasteiger partial charge in [0.1, 0.15) is 5.78 Å². The molecule has 2 rings (SSSR count). The smallest absolute Gasteiger partial charge is 0.131 e. The number of ketones is 1. The van der Waals surface area contributed by atoms with Crippen LogP contribution in [0.25, 0.3) is 10.9 Å². The first-order chi connectivity index (χ1) is 7.72. The number of rotatable bonds is 3. The summed E-state index contributed by atoms with van der Waals surface area (Å²) in [7, 11) is 0. The minimum Gasteiger partial charge on any atom is -0.347 e. The van der Waals surface area contributed by atoms with Crippen LogP contribution in [0, 0.1) is 11.3 Å². The van der Waals surface area contributed by atoms with E-state index in [9.17, 15) is 4.79 Å². The van der Waals surface area contributed by atoms with Gasteiger partial charge in [-0.25, -0.2) is 0 Å². The summed E-state index contributed by atoms with van der Waals surface area (Å²) in [5.41, 5.74) is 1.69. The number of hydrogen-bond acceptors (Lipinski definition) is 2. The van der Waals surface area contributed by atoms with Crippen LogP contribution in [0.15, 0.2) is 30.5 Å². The molecule has 0 aliphatic rings. The van der Waals surface area contributed by atoms with Crippen molar-refractivity contribution in [3.8, 4) is 6.07 Å². The van der Waals surface area contributed by atoms with Gasteiger partial charge < -0.3 is 4.57 Å². The Bertz CT molecular complexity index is 575. The standard InChI is InChI=1S/C13H12N2O/c1-10(16)5-7-15-8-6-12-11(9-14)3-2-4-13(12)15/h2-4,6,8H,5,7H2,1H3. The van der Waals surface area contributed by atoms with Crippen molar-refractivity contribution in [1.29, 1.82) is 5.26 Å². The van der Waals surface area contributed by atoms with E-state index in [1.165, 1.54) is 0 Å². The van der Waals surface area contributed by atoms with Gasteiger partial charge in [0.05, 0.1) is 11.6 Å². The van der Waals surface area contributed by atoms with E-state index in [1.54, 1.807) is 13.0 Å². The zero-order valence-electron chi connectivity index (χ0n) is 9.10. The van der Waals surface area contributed by atoms with E-state index in [1.807, 2.05) is 29.0 Å². The molecule has 3 heteroatoms. The van der Waals surface area contributed by atoms with E-state index in [0.717, 1.165) is 10.9 Å². The second-order valence-electron chi connectivity index (χ2n) is 3.81. The first-order valence-electron chi connectivity index (χ1n) is 5.20. The fourth-order valence-corrected chi connectivity index (χ4v) is 1.79. The normalized spacial score (nSPS) is 10.2. The minimum absolute atomic E-state index is 0.179. The van der Waals surface area contributed by atoms with Crippen molar-refractivity contribution in [2.45, 2.75) is 19.9 Å². The van der Waals surface area contributed by atoms with Gasteiger partial charge in [-0.1, -0.05) is 6.07 Å². The lowest BCUT2D eigenvalue weighted by Gasteiger charge is -2.03. The zero-order valence-corrected chi connectivity index (χ0v) is 9.10. The van der Waals surface area contributed by atoms with E-state index in [0.29, 0.717) is 18.5 Å². The summed E-state index contributed by atoms with van der Waals surface area (Å²) < 4.78 is 2.01. The third-order valence-electron chi connectivity index (χ3n) is 2.64. The summed E-state index contributed by atoms with van der Waals surface area (Å²) in [6, 6.07) is 9.73. The van der Waals surface area contributed by atoms with Gasteiger partial charge in [-0.15, -0.1) is 0 Å². The van der Waals surface area contributed by atoms with Gasteiger partial charge >= 0.3 is 0 Å². The Morgan fingerprint density at radius 1 is 1.44 bits per heavy atom. The largest absolute Gasteiger partial charge is 0.347 e. The second kappa shape index (κ2) is 4.19. The Hall–Kier alpha value is -2.08. The van der Waals surface area contributed by atoms with Crippen LogP contribution in [0.4, 0.5) is 0 Å². The van der Waals surface area contributed by atoms with Crippen LogP contribution in [0.5, 0.6) is 0 Å². The molecule has 1 aromatic carbocycles. The van der Waals surface area contributed by atoms with Crippen LogP contribution < -0.4 is 0 Å². The Morgan fingerprint density at radius 3 is 2.94 bits per heavy atom. The molecule has 1 heterocycles. The van der Waals surface area contributed by atoms with Crippen molar-refractivity contribution in [2.24, 2.45) is 0 Å². The molecular weight excluding hydrogens is 200 g/mol. The highest BCUT2D eigenvalue weighted by atomic mass is 16.1. The monoisotopic (exact) mass is 212 g/mol. The van der Waals surface area contributed by atoms with Crippen molar-refractivity contribution < 1.29 is 4.79 Å². The predicted molar refractivity (Wildman–Crippen MR) is 62.0 cm³/mol. The summed E-state index contributed by atoms with van der Waals surface area (Å²) in [6.07, 6.45) is 2.45. The Balaban J connectivity index is 2.42. The summed E-state index contributed by atoms with van der Waals surface area (Å²) >= 11 is 0. The van der Waals surface area contributed by atoms with Crippen LogP contribution in [-0.2, 0) is 11.3 Å². The molecule has 0 spiro atoms. The molecule has 0 radical (unpaired) electrons. The molecule has 0 fully saturated rings. The molecule has 80 valence electrons. The van der Waals surface area contributed by atoms with Gasteiger partial charge in [-0.2, -0.15) is 5.26 Å². The van der Waals surface area contributed by atoms with Crippen molar-refractivity contribution in [1.82, 2.24) is 4.57 Å². The maximum Gasteiger partial charge on any atom is 0.131 e. The minimum atomic E-state index is 0.179. The molecule has 0 saturated carbocycles. The average Bonchev–Trinajstić information content (AvgIpc) is 2.69. The van der Waals surface area contributed by atoms with Crippen LogP contribution in [0.2, 0.25) is 0 Å². The fourth-order valence-electron chi connectivity index (χ4n) is 1.79. The first kappa shape index (κ1) is 10.4. The van der Waals surface area contributed by atoms with Gasteiger partial charge in [0.25, 0.3) is 0 Å². The molecule has 0 amide bonds. The average molecular weight is 212 g/mol. The lowest BCUT2D eigenvalue weighted by Crippen LogP contribution is -2.00. The highest BCUT2D eigenvalue weighted by molar-refractivity contribution is 5.86. The summed E-state index contributed by atoms with van der Waals surface area (Å²) in [4.78, 5) is 10.9. The molecule has 0 N–H and O–H groups in total. The molecule has 0 aliphatic heterocycles. The maximum absolute atomic E-state index is 10.9. The SMILES string of the molecule is CC(=O)CCn1ccc2c(C#N)cccc21. The number of carbonyl (C=O) groups excluding carboxylic acids is 1. The van der Waals surface area contributed by atoms with Crippen LogP contribution in [-0.4, -0.2) is 10.4 Å². The Kier molecular flexibility index (Phi) is 2.74. The highest BCUT2D eigenvalue weighted by Crippen LogP contribution is 2.19. The molecule has 0 aliphatic carbocycles. The lowest BCUT2D eigenvalue weighted by molar-refractivity contribution is -0.117. The number of nitrogens with zero attached hydrogens (tertiary/aromatic N) is 2. The van der Waals surface area contributed by atoms with E-state index in [4.69, 9.17) is 5.26 Å². The van der Waals surface area contributed by atoms with Gasteiger partial charge in [-0.05, 0) is 25.1 Å². The van der Waals surface area contributed by atoms with Crippen molar-refractivity contribution >= 4 is 16.7 Å². The van der Waals surface area contributed by atoms with Gasteiger partial charge in [-0.3, -0.25) is 4.79 Å². The number of benzene rings is 1. The molecular formula is C13H12N2O. The molecule has 0 atom stereocenters. The molecule has 0 saturated heterocycles. The number of nitriles is 1. The molecule has 2 aromatic rings. The molecule has 0 bridgehead atoms. The lowest BCUT2D eigenvalue weighted by atomic mass is 10.1. The van der Waals surface area contributed by atoms with Crippen LogP contribution in [0.1, 0.15) is 18.9 Å². The zero-order chi connectivity index (χ0) is 11.5. The molecule has 0 unspecified atom stereocenters. The van der Waals surface area contributed by atoms with E-state index in [2.05, 4.69) is 6.07 Å². The maximum atomic E-state index is 10.9. The van der Waals surface area contributed by atoms with E-state index >= 15 is 0 Å². The topological polar surface area (TPSA) is 45.8 Å². The third kappa shape index (κ3) is 1.82. The van der Waals surface area contributed by atoms with Crippen molar-refractivity contribution in [3.05, 3.63) is 36.0 Å². The number of aromatic nitrogens is 1. The van der Waals surface area contributed by atoms with Gasteiger partial charge in [0.15, 0.2) is 0 Å². The summed E-state index contributed by atoms with van der Waals surface area (Å²) in [5.74, 6) is 0.179. The second-order valence-corrected chi connectivity index (χ2v) is 3.81. The third-order valence-corrected chi connectivity index (χ3v) is 2.64. The predicted octanol–water partition coefficient (Wildman–Crippen LogP) is 2.49. The summed E-state index contributed by atoms with van der Waals surface area (Å²) in [5, 5.41) is 9.90. The van der Waals surface area contributed by atoms with E-state index < -0.39 is 0 Å². The molecule has 16 heavy (non-hydrogen) atoms. The van der Waals surface area contributed by atoms with E-state index in [-0.39, 0.29) is 5.78 Å². The molecule has 1 aromatic heterocycles. The first-order valence-corrected chi connectivity index (χ1v) is 5.20. The fraction of sp³-hybridized carbons (Fsp3) is 0.231. The van der Waals surface area contributed by atoms with Crippen molar-refractivity contribution in [3.63, 3.8) is 0 Å². The highest BCUT2D eigenvalue weighted by Gasteiger charge is 2.05. The number of Topliss-reactive ketones (excluding diaryl/α,β-unsaturated/α-hetero) is 1. The summed E-state index contributed by atoms with van der Waals surface area (Å²) in [6.45, 7) is 2.26.